The molecule has 0 saturated heterocycles. The molecule has 0 amide bonds. The number of hydrogen-bond acceptors (Lipinski definition) is 1. The number of rotatable bonds is 0. The fraction of sp³-hybridized carbons (Fsp3) is 0.571. The van der Waals surface area contributed by atoms with E-state index in [0.29, 0.717) is 5.41 Å². The molecule has 0 aliphatic carbocycles. The lowest BCUT2D eigenvalue weighted by molar-refractivity contribution is 0.247. The first-order chi connectivity index (χ1) is 6.97. The highest BCUT2D eigenvalue weighted by atomic mass is 14.9. The molecule has 2 rings (SSSR count). The molecule has 0 bridgehead atoms. The quantitative estimate of drug-likeness (QED) is 0.679. The Hall–Kier alpha value is -0.980. The highest BCUT2D eigenvalue weighted by Crippen LogP contribution is 2.35. The fourth-order valence-corrected chi connectivity index (χ4v) is 2.25. The van der Waals surface area contributed by atoms with E-state index in [2.05, 4.69) is 51.2 Å². The van der Waals surface area contributed by atoms with Crippen LogP contribution in [-0.4, -0.2) is 6.54 Å². The topological polar surface area (TPSA) is 12.0 Å². The third kappa shape index (κ3) is 2.17. The van der Waals surface area contributed by atoms with Crippen molar-refractivity contribution in [3.63, 3.8) is 0 Å². The van der Waals surface area contributed by atoms with Gasteiger partial charge in [0.1, 0.15) is 0 Å². The summed E-state index contributed by atoms with van der Waals surface area (Å²) in [7, 11) is 0. The van der Waals surface area contributed by atoms with Gasteiger partial charge in [-0.15, -0.1) is 0 Å². The van der Waals surface area contributed by atoms with Gasteiger partial charge in [0.15, 0.2) is 0 Å². The van der Waals surface area contributed by atoms with Crippen LogP contribution >= 0.6 is 0 Å². The van der Waals surface area contributed by atoms with Crippen LogP contribution in [-0.2, 0) is 6.42 Å². The summed E-state index contributed by atoms with van der Waals surface area (Å²) in [5, 5.41) is 3.55. The van der Waals surface area contributed by atoms with Crippen molar-refractivity contribution in [1.82, 2.24) is 0 Å². The smallest absolute Gasteiger partial charge is 0.0373 e. The molecule has 1 aromatic carbocycles. The first-order valence-electron chi connectivity index (χ1n) is 5.80. The Balaban J connectivity index is 2.26. The van der Waals surface area contributed by atoms with Crippen molar-refractivity contribution in [3.8, 4) is 0 Å². The molecule has 0 aromatic heterocycles. The Bertz CT molecular complexity index is 360. The summed E-state index contributed by atoms with van der Waals surface area (Å²) in [5.41, 5.74) is 4.58. The maximum Gasteiger partial charge on any atom is 0.0373 e. The second kappa shape index (κ2) is 3.55. The predicted octanol–water partition coefficient (Wildman–Crippen LogP) is 3.63. The zero-order valence-electron chi connectivity index (χ0n) is 10.2. The Morgan fingerprint density at radius 2 is 2.00 bits per heavy atom. The van der Waals surface area contributed by atoms with Crippen LogP contribution in [0.25, 0.3) is 0 Å². The van der Waals surface area contributed by atoms with Crippen LogP contribution in [0.4, 0.5) is 5.69 Å². The van der Waals surface area contributed by atoms with Crippen molar-refractivity contribution in [1.29, 1.82) is 0 Å². The maximum atomic E-state index is 3.55. The molecular formula is C14H21N. The zero-order chi connectivity index (χ0) is 11.1. The van der Waals surface area contributed by atoms with Gasteiger partial charge < -0.3 is 5.32 Å². The Morgan fingerprint density at radius 1 is 1.27 bits per heavy atom. The van der Waals surface area contributed by atoms with Crippen molar-refractivity contribution in [2.24, 2.45) is 11.3 Å². The standard InChI is InChI=1S/C14H21N/c1-10-5-6-13-11(7-10)8-12(9-15-13)14(2,3)4/h5-7,12,15H,8-9H2,1-4H3. The van der Waals surface area contributed by atoms with Crippen molar-refractivity contribution < 1.29 is 0 Å². The van der Waals surface area contributed by atoms with Crippen molar-refractivity contribution in [2.75, 3.05) is 11.9 Å². The molecule has 1 aliphatic heterocycles. The zero-order valence-corrected chi connectivity index (χ0v) is 10.2. The van der Waals surface area contributed by atoms with Crippen LogP contribution in [0.5, 0.6) is 0 Å². The SMILES string of the molecule is Cc1ccc2c(c1)CC(C(C)(C)C)CN2. The maximum absolute atomic E-state index is 3.55. The van der Waals surface area contributed by atoms with Crippen LogP contribution in [0.15, 0.2) is 18.2 Å². The summed E-state index contributed by atoms with van der Waals surface area (Å²) < 4.78 is 0. The lowest BCUT2D eigenvalue weighted by atomic mass is 9.75. The Morgan fingerprint density at radius 3 is 2.67 bits per heavy atom. The Labute approximate surface area is 92.9 Å². The van der Waals surface area contributed by atoms with Crippen LogP contribution in [0.1, 0.15) is 31.9 Å². The highest BCUT2D eigenvalue weighted by molar-refractivity contribution is 5.54. The molecule has 1 aliphatic rings. The Kier molecular flexibility index (Phi) is 2.49. The first kappa shape index (κ1) is 10.5. The molecule has 1 atom stereocenters. The minimum atomic E-state index is 0.397. The third-order valence-electron chi connectivity index (χ3n) is 3.49. The predicted molar refractivity (Wildman–Crippen MR) is 66.3 cm³/mol. The number of aryl methyl sites for hydroxylation is 1. The van der Waals surface area contributed by atoms with Gasteiger partial charge in [0, 0.05) is 12.2 Å². The molecule has 0 saturated carbocycles. The van der Waals surface area contributed by atoms with Gasteiger partial charge in [-0.3, -0.25) is 0 Å². The van der Waals surface area contributed by atoms with Crippen LogP contribution in [0, 0.1) is 18.3 Å². The van der Waals surface area contributed by atoms with E-state index in [1.54, 1.807) is 0 Å². The highest BCUT2D eigenvalue weighted by Gasteiger charge is 2.28. The number of nitrogens with one attached hydrogen (secondary N) is 1. The van der Waals surface area contributed by atoms with E-state index in [1.807, 2.05) is 0 Å². The average molecular weight is 203 g/mol. The van der Waals surface area contributed by atoms with Crippen LogP contribution in [0.3, 0.4) is 0 Å². The summed E-state index contributed by atoms with van der Waals surface area (Å²) in [6, 6.07) is 6.72. The van der Waals surface area contributed by atoms with E-state index in [-0.39, 0.29) is 0 Å². The normalized spacial score (nSPS) is 20.7. The summed E-state index contributed by atoms with van der Waals surface area (Å²) >= 11 is 0. The van der Waals surface area contributed by atoms with Gasteiger partial charge in [-0.05, 0) is 36.3 Å². The van der Waals surface area contributed by atoms with Crippen molar-refractivity contribution in [3.05, 3.63) is 29.3 Å². The summed E-state index contributed by atoms with van der Waals surface area (Å²) in [6.07, 6.45) is 1.22. The van der Waals surface area contributed by atoms with Crippen LogP contribution in [0.2, 0.25) is 0 Å². The van der Waals surface area contributed by atoms with Gasteiger partial charge >= 0.3 is 0 Å². The molecule has 0 radical (unpaired) electrons. The van der Waals surface area contributed by atoms with E-state index in [4.69, 9.17) is 0 Å². The second-order valence-electron chi connectivity index (χ2n) is 5.81. The molecule has 1 unspecified atom stereocenters. The van der Waals surface area contributed by atoms with E-state index in [0.717, 1.165) is 12.5 Å². The second-order valence-corrected chi connectivity index (χ2v) is 5.81. The average Bonchev–Trinajstić information content (AvgIpc) is 2.15. The molecule has 1 heteroatoms. The third-order valence-corrected chi connectivity index (χ3v) is 3.49. The lowest BCUT2D eigenvalue weighted by Gasteiger charge is -2.35. The van der Waals surface area contributed by atoms with Gasteiger partial charge in [-0.25, -0.2) is 0 Å². The van der Waals surface area contributed by atoms with Gasteiger partial charge in [0.2, 0.25) is 0 Å². The molecule has 1 N–H and O–H groups in total. The number of anilines is 1. The van der Waals surface area contributed by atoms with Crippen molar-refractivity contribution >= 4 is 5.69 Å². The minimum Gasteiger partial charge on any atom is -0.385 e. The van der Waals surface area contributed by atoms with E-state index in [1.165, 1.54) is 23.2 Å². The molecular weight excluding hydrogens is 182 g/mol. The molecule has 0 spiro atoms. The summed E-state index contributed by atoms with van der Waals surface area (Å²) in [5.74, 6) is 0.742. The monoisotopic (exact) mass is 203 g/mol. The van der Waals surface area contributed by atoms with Gasteiger partial charge in [0.05, 0.1) is 0 Å². The number of benzene rings is 1. The lowest BCUT2D eigenvalue weighted by Crippen LogP contribution is -2.33. The summed E-state index contributed by atoms with van der Waals surface area (Å²) in [4.78, 5) is 0. The van der Waals surface area contributed by atoms with Gasteiger partial charge in [0.25, 0.3) is 0 Å². The van der Waals surface area contributed by atoms with Gasteiger partial charge in [-0.2, -0.15) is 0 Å². The molecule has 1 aromatic rings. The molecule has 0 fully saturated rings. The van der Waals surface area contributed by atoms with E-state index >= 15 is 0 Å². The molecule has 1 heterocycles. The summed E-state index contributed by atoms with van der Waals surface area (Å²) in [6.45, 7) is 10.3. The van der Waals surface area contributed by atoms with E-state index < -0.39 is 0 Å². The largest absolute Gasteiger partial charge is 0.385 e. The number of hydrogen-bond donors (Lipinski definition) is 1. The van der Waals surface area contributed by atoms with Gasteiger partial charge in [-0.1, -0.05) is 38.5 Å². The fourth-order valence-electron chi connectivity index (χ4n) is 2.25. The van der Waals surface area contributed by atoms with Crippen LogP contribution < -0.4 is 5.32 Å². The molecule has 1 nitrogen and oxygen atoms in total. The van der Waals surface area contributed by atoms with Crippen molar-refractivity contribution in [2.45, 2.75) is 34.1 Å². The molecule has 82 valence electrons. The van der Waals surface area contributed by atoms with E-state index in [9.17, 15) is 0 Å². The minimum absolute atomic E-state index is 0.397. The number of fused-ring (bicyclic) bond motifs is 1. The first-order valence-corrected chi connectivity index (χ1v) is 5.80. The molecule has 15 heavy (non-hydrogen) atoms.